The largest absolute Gasteiger partial charge is 0.353 e. The normalized spacial score (nSPS) is 18.4. The van der Waals surface area contributed by atoms with Crippen LogP contribution in [0.15, 0.2) is 109 Å². The molecule has 6 saturated heterocycles. The van der Waals surface area contributed by atoms with Gasteiger partial charge in [0.25, 0.3) is 0 Å². The molecule has 4 atom stereocenters. The van der Waals surface area contributed by atoms with Crippen LogP contribution in [-0.2, 0) is 19.4 Å². The second kappa shape index (κ2) is 21.5. The Morgan fingerprint density at radius 1 is 0.589 bits per heavy atom. The first-order chi connectivity index (χ1) is 35.5. The van der Waals surface area contributed by atoms with E-state index in [1.54, 1.807) is 24.3 Å². The maximum atomic E-state index is 10.1. The fourth-order valence-electron chi connectivity index (χ4n) is 9.98. The van der Waals surface area contributed by atoms with E-state index >= 15 is 0 Å². The maximum absolute atomic E-state index is 10.1. The van der Waals surface area contributed by atoms with Crippen molar-refractivity contribution in [2.75, 3.05) is 36.0 Å². The van der Waals surface area contributed by atoms with Gasteiger partial charge in [-0.2, -0.15) is 20.7 Å². The number of carbonyl (C=O) groups excluding carboxylic acids is 1. The molecule has 2 aromatic carbocycles. The molecule has 6 aliphatic heterocycles. The van der Waals surface area contributed by atoms with Gasteiger partial charge < -0.3 is 15.1 Å². The van der Waals surface area contributed by atoms with Gasteiger partial charge >= 0.3 is 0 Å². The number of hydrogen-bond acceptors (Lipinski definition) is 15. The molecule has 17 nitrogen and oxygen atoms in total. The maximum Gasteiger partial charge on any atom is 0.161 e. The fraction of sp³-hybridized carbons (Fsp3) is 0.304. The molecule has 4 unspecified atom stereocenters. The smallest absolute Gasteiger partial charge is 0.161 e. The number of benzene rings is 2. The van der Waals surface area contributed by atoms with Gasteiger partial charge in [0.05, 0.1) is 46.0 Å². The predicted molar refractivity (Wildman–Crippen MR) is 277 cm³/mol. The summed E-state index contributed by atoms with van der Waals surface area (Å²) in [6.07, 6.45) is 8.42. The summed E-state index contributed by atoms with van der Waals surface area (Å²) >= 11 is 0. The summed E-state index contributed by atoms with van der Waals surface area (Å²) in [5.41, 5.74) is 12.9. The van der Waals surface area contributed by atoms with Crippen LogP contribution in [0.3, 0.4) is 0 Å². The number of hydrogen-bond donors (Lipinski definition) is 3. The van der Waals surface area contributed by atoms with Gasteiger partial charge in [-0.1, -0.05) is 24.3 Å². The number of aldehydes is 1. The number of pyridine rings is 2. The lowest BCUT2D eigenvalue weighted by Gasteiger charge is -2.56. The Kier molecular flexibility index (Phi) is 14.1. The molecule has 0 aliphatic carbocycles. The summed E-state index contributed by atoms with van der Waals surface area (Å²) < 4.78 is 0. The lowest BCUT2D eigenvalue weighted by Crippen LogP contribution is -2.68. The minimum Gasteiger partial charge on any atom is -0.353 e. The zero-order valence-electron chi connectivity index (χ0n) is 41.4. The number of H-pyrrole nitrogens is 2. The van der Waals surface area contributed by atoms with Crippen molar-refractivity contribution in [1.29, 1.82) is 10.5 Å². The Hall–Kier alpha value is -8.51. The van der Waals surface area contributed by atoms with Crippen molar-refractivity contribution >= 4 is 17.9 Å². The predicted octanol–water partition coefficient (Wildman–Crippen LogP) is 7.19. The molecule has 0 saturated carbocycles. The first-order valence-corrected chi connectivity index (χ1v) is 24.6. The topological polar surface area (TPSA) is 221 Å². The number of aromatic amines is 2. The first kappa shape index (κ1) is 48.1. The number of nitrogens with one attached hydrogen (secondary N) is 3. The molecule has 73 heavy (non-hydrogen) atoms. The number of rotatable bonds is 11. The first-order valence-electron chi connectivity index (χ1n) is 24.6. The van der Waals surface area contributed by atoms with E-state index in [0.29, 0.717) is 59.5 Å². The van der Waals surface area contributed by atoms with Crippen LogP contribution >= 0.6 is 0 Å². The quantitative estimate of drug-likeness (QED) is 0.109. The van der Waals surface area contributed by atoms with Crippen LogP contribution in [-0.4, -0.2) is 112 Å². The van der Waals surface area contributed by atoms with E-state index in [4.69, 9.17) is 25.5 Å². The summed E-state index contributed by atoms with van der Waals surface area (Å²) in [7, 11) is 0. The summed E-state index contributed by atoms with van der Waals surface area (Å²) in [5, 5.41) is 35.5. The summed E-state index contributed by atoms with van der Waals surface area (Å²) in [4.78, 5) is 45.7. The minimum atomic E-state index is 0.536. The van der Waals surface area contributed by atoms with Crippen molar-refractivity contribution in [2.45, 2.75) is 84.1 Å². The molecule has 4 bridgehead atoms. The second-order valence-electron chi connectivity index (χ2n) is 19.4. The molecule has 12 heterocycles. The molecule has 6 aromatic heterocycles. The van der Waals surface area contributed by atoms with Gasteiger partial charge in [-0.3, -0.25) is 19.9 Å². The van der Waals surface area contributed by atoms with E-state index in [0.717, 1.165) is 113 Å². The average molecular weight is 969 g/mol. The molecule has 8 aromatic rings. The van der Waals surface area contributed by atoms with Gasteiger partial charge in [0.1, 0.15) is 17.9 Å². The van der Waals surface area contributed by atoms with Crippen LogP contribution < -0.4 is 15.1 Å². The molecule has 3 N–H and O–H groups in total. The molecule has 6 fully saturated rings. The Balaban J connectivity index is 0.000000145. The third-order valence-corrected chi connectivity index (χ3v) is 13.6. The van der Waals surface area contributed by atoms with Crippen LogP contribution in [0.2, 0.25) is 0 Å². The number of nitriles is 2. The number of nitrogens with zero attached hydrogens (tertiary/aromatic N) is 13. The molecule has 366 valence electrons. The van der Waals surface area contributed by atoms with Crippen molar-refractivity contribution < 1.29 is 4.79 Å². The highest BCUT2D eigenvalue weighted by Crippen LogP contribution is 2.36. The van der Waals surface area contributed by atoms with Gasteiger partial charge in [0.2, 0.25) is 0 Å². The van der Waals surface area contributed by atoms with Gasteiger partial charge in [-0.05, 0) is 119 Å². The Morgan fingerprint density at radius 2 is 1.07 bits per heavy atom. The van der Waals surface area contributed by atoms with Gasteiger partial charge in [-0.15, -0.1) is 0 Å². The van der Waals surface area contributed by atoms with Gasteiger partial charge in [0, 0.05) is 122 Å². The SMILES string of the molecule is Cc1cc(Cc2cc(C)[nH]n2)nc(-c2ccc(N3CC4CC(C3)N4)nc2)n1.Cc1cc(Cc2cc(C)[nH]n2)nc(-c2ccc(N3CC4CC(C3)N4Cc3ccc(C#N)cc3)nc2)n1.N#Cc1ccc(C=O)cc1. The number of piperidine rings is 2. The van der Waals surface area contributed by atoms with Crippen LogP contribution in [0.1, 0.15) is 85.4 Å². The third kappa shape index (κ3) is 11.7. The number of piperazine rings is 2. The third-order valence-electron chi connectivity index (χ3n) is 13.6. The van der Waals surface area contributed by atoms with Crippen LogP contribution in [0.5, 0.6) is 0 Å². The monoisotopic (exact) mass is 968 g/mol. The van der Waals surface area contributed by atoms with Crippen molar-refractivity contribution in [3.8, 4) is 34.9 Å². The number of fused-ring (bicyclic) bond motifs is 4. The molecule has 0 amide bonds. The second-order valence-corrected chi connectivity index (χ2v) is 19.4. The number of carbonyl (C=O) groups is 1. The summed E-state index contributed by atoms with van der Waals surface area (Å²) in [5.74, 6) is 3.46. The highest BCUT2D eigenvalue weighted by atomic mass is 16.1. The Bertz CT molecular complexity index is 3250. The van der Waals surface area contributed by atoms with Crippen molar-refractivity contribution in [3.63, 3.8) is 0 Å². The van der Waals surface area contributed by atoms with Crippen molar-refractivity contribution in [2.24, 2.45) is 0 Å². The van der Waals surface area contributed by atoms with E-state index in [1.807, 2.05) is 82.6 Å². The van der Waals surface area contributed by atoms with E-state index < -0.39 is 0 Å². The molecule has 14 rings (SSSR count). The van der Waals surface area contributed by atoms with E-state index in [-0.39, 0.29) is 0 Å². The highest BCUT2D eigenvalue weighted by Gasteiger charge is 2.44. The lowest BCUT2D eigenvalue weighted by atomic mass is 9.86. The van der Waals surface area contributed by atoms with Crippen molar-refractivity contribution in [1.82, 2.24) is 60.5 Å². The lowest BCUT2D eigenvalue weighted by molar-refractivity contribution is -0.00868. The van der Waals surface area contributed by atoms with E-state index in [9.17, 15) is 4.79 Å². The Labute approximate surface area is 424 Å². The molecular formula is C56H56N16O. The van der Waals surface area contributed by atoms with Crippen LogP contribution in [0.25, 0.3) is 22.8 Å². The summed E-state index contributed by atoms with van der Waals surface area (Å²) in [6, 6.07) is 37.3. The molecule has 6 aliphatic rings. The van der Waals surface area contributed by atoms with E-state index in [2.05, 4.69) is 97.8 Å². The Morgan fingerprint density at radius 3 is 1.49 bits per heavy atom. The highest BCUT2D eigenvalue weighted by molar-refractivity contribution is 5.74. The molecular weight excluding hydrogens is 913 g/mol. The number of aryl methyl sites for hydroxylation is 4. The van der Waals surface area contributed by atoms with E-state index in [1.165, 1.54) is 18.4 Å². The molecule has 0 radical (unpaired) electrons. The molecule has 17 heteroatoms. The summed E-state index contributed by atoms with van der Waals surface area (Å²) in [6.45, 7) is 13.0. The zero-order valence-corrected chi connectivity index (χ0v) is 41.4. The number of aromatic nitrogens is 10. The standard InChI is InChI=1S/C28H28N8.C20H23N7.C8H5NO/c1-18-9-23(11-24-10-19(2)33-34-24)32-28(31-18)22-7-8-27(30-14-22)35-16-25-12-26(17-35)36(25)15-21-5-3-20(13-29)4-6-21;1-12-5-15(7-16-6-13(2)25-26-16)24-20(22-12)14-3-4-19(21-9-14)27-10-17-8-18(11-27)23-17;9-5-7-1-3-8(6-10)4-2-7/h3-10,14,25-26H,11-12,15-17H2,1-2H3,(H,33,34);3-6,9,17-18,23H,7-8,10-11H2,1-2H3,(H,25,26);1-4,6H. The van der Waals surface area contributed by atoms with Crippen LogP contribution in [0, 0.1) is 50.4 Å². The average Bonchev–Trinajstić information content (AvgIpc) is 4.03. The molecule has 0 spiro atoms. The van der Waals surface area contributed by atoms with Crippen molar-refractivity contribution in [3.05, 3.63) is 177 Å². The zero-order chi connectivity index (χ0) is 50.4. The van der Waals surface area contributed by atoms with Gasteiger partial charge in [-0.25, -0.2) is 29.9 Å². The van der Waals surface area contributed by atoms with Gasteiger partial charge in [0.15, 0.2) is 11.6 Å². The minimum absolute atomic E-state index is 0.536. The fourth-order valence-corrected chi connectivity index (χ4v) is 9.98. The van der Waals surface area contributed by atoms with Crippen LogP contribution in [0.4, 0.5) is 11.6 Å². The number of anilines is 2.